The molecular weight excluding hydrogens is 370 g/mol. The smallest absolute Gasteiger partial charge is 0.255 e. The van der Waals surface area contributed by atoms with E-state index >= 15 is 0 Å². The maximum Gasteiger partial charge on any atom is 0.255 e. The molecule has 0 radical (unpaired) electrons. The molecule has 2 aliphatic heterocycles. The van der Waals surface area contributed by atoms with Crippen LogP contribution in [0.2, 0.25) is 0 Å². The SMILES string of the molecule is CCCNC1CCCCC1Oc1ccc2c(c1)CN(C1CCC(=O)NC1=O)C2=O. The molecule has 3 amide bonds. The quantitative estimate of drug-likeness (QED) is 0.716. The van der Waals surface area contributed by atoms with Crippen LogP contribution in [-0.2, 0) is 16.1 Å². The lowest BCUT2D eigenvalue weighted by atomic mass is 9.92. The van der Waals surface area contributed by atoms with Crippen molar-refractivity contribution in [3.05, 3.63) is 29.3 Å². The second kappa shape index (κ2) is 8.53. The van der Waals surface area contributed by atoms with Gasteiger partial charge in [0.05, 0.1) is 0 Å². The van der Waals surface area contributed by atoms with E-state index in [9.17, 15) is 14.4 Å². The zero-order valence-electron chi connectivity index (χ0n) is 16.9. The maximum absolute atomic E-state index is 12.8. The number of carbonyl (C=O) groups is 3. The number of nitrogens with zero attached hydrogens (tertiary/aromatic N) is 1. The first-order chi connectivity index (χ1) is 14.1. The third-order valence-corrected chi connectivity index (χ3v) is 6.14. The number of piperidine rings is 1. The molecule has 1 aromatic carbocycles. The lowest BCUT2D eigenvalue weighted by molar-refractivity contribution is -0.136. The molecule has 156 valence electrons. The minimum absolute atomic E-state index is 0.136. The van der Waals surface area contributed by atoms with Crippen LogP contribution in [0.4, 0.5) is 0 Å². The van der Waals surface area contributed by atoms with Crippen LogP contribution >= 0.6 is 0 Å². The molecule has 7 heteroatoms. The fourth-order valence-electron chi connectivity index (χ4n) is 4.60. The third-order valence-electron chi connectivity index (χ3n) is 6.14. The van der Waals surface area contributed by atoms with Crippen molar-refractivity contribution in [2.75, 3.05) is 6.54 Å². The Labute approximate surface area is 171 Å². The highest BCUT2D eigenvalue weighted by Crippen LogP contribution is 2.31. The zero-order chi connectivity index (χ0) is 20.4. The zero-order valence-corrected chi connectivity index (χ0v) is 16.9. The Bertz CT molecular complexity index is 809. The van der Waals surface area contributed by atoms with E-state index in [1.165, 1.54) is 12.8 Å². The Kier molecular flexibility index (Phi) is 5.85. The number of rotatable bonds is 6. The molecule has 1 aromatic rings. The average Bonchev–Trinajstić information content (AvgIpc) is 3.03. The van der Waals surface area contributed by atoms with Crippen LogP contribution in [0.5, 0.6) is 5.75 Å². The van der Waals surface area contributed by atoms with E-state index in [0.717, 1.165) is 37.1 Å². The average molecular weight is 399 g/mol. The second-order valence-electron chi connectivity index (χ2n) is 8.22. The molecule has 3 atom stereocenters. The summed E-state index contributed by atoms with van der Waals surface area (Å²) >= 11 is 0. The molecule has 4 rings (SSSR count). The van der Waals surface area contributed by atoms with Gasteiger partial charge in [-0.15, -0.1) is 0 Å². The first kappa shape index (κ1) is 19.9. The van der Waals surface area contributed by atoms with Crippen LogP contribution < -0.4 is 15.4 Å². The number of ether oxygens (including phenoxy) is 1. The van der Waals surface area contributed by atoms with Crippen molar-refractivity contribution in [1.82, 2.24) is 15.5 Å². The molecule has 1 aliphatic carbocycles. The Morgan fingerprint density at radius 1 is 1.17 bits per heavy atom. The summed E-state index contributed by atoms with van der Waals surface area (Å²) in [4.78, 5) is 38.0. The minimum atomic E-state index is -0.585. The number of amides is 3. The van der Waals surface area contributed by atoms with Gasteiger partial charge < -0.3 is 15.0 Å². The Hall–Kier alpha value is -2.41. The monoisotopic (exact) mass is 399 g/mol. The summed E-state index contributed by atoms with van der Waals surface area (Å²) in [5.74, 6) is -0.0335. The van der Waals surface area contributed by atoms with Crippen LogP contribution in [0.3, 0.4) is 0 Å². The second-order valence-corrected chi connectivity index (χ2v) is 8.22. The lowest BCUT2D eigenvalue weighted by Crippen LogP contribution is -2.52. The molecule has 2 fully saturated rings. The van der Waals surface area contributed by atoms with Crippen molar-refractivity contribution in [2.24, 2.45) is 0 Å². The molecule has 0 bridgehead atoms. The van der Waals surface area contributed by atoms with E-state index in [4.69, 9.17) is 4.74 Å². The van der Waals surface area contributed by atoms with Crippen molar-refractivity contribution in [3.63, 3.8) is 0 Å². The topological polar surface area (TPSA) is 87.7 Å². The molecule has 3 unspecified atom stereocenters. The maximum atomic E-state index is 12.8. The summed E-state index contributed by atoms with van der Waals surface area (Å²) in [6.07, 6.45) is 6.41. The fraction of sp³-hybridized carbons (Fsp3) is 0.591. The van der Waals surface area contributed by atoms with Gasteiger partial charge in [0, 0.05) is 24.6 Å². The standard InChI is InChI=1S/C22H29N3O4/c1-2-11-23-17-5-3-4-6-19(17)29-15-7-8-16-14(12-15)13-25(22(16)28)18-9-10-20(26)24-21(18)27/h7-8,12,17-19,23H,2-6,9-11,13H2,1H3,(H,24,26,27). The number of carbonyl (C=O) groups excluding carboxylic acids is 3. The van der Waals surface area contributed by atoms with Gasteiger partial charge in [-0.05, 0) is 62.4 Å². The van der Waals surface area contributed by atoms with Gasteiger partial charge in [-0.3, -0.25) is 19.7 Å². The van der Waals surface area contributed by atoms with Gasteiger partial charge in [0.15, 0.2) is 0 Å². The molecule has 7 nitrogen and oxygen atoms in total. The number of imide groups is 1. The van der Waals surface area contributed by atoms with Crippen LogP contribution in [0.1, 0.15) is 67.8 Å². The normalized spacial score (nSPS) is 27.0. The predicted octanol–water partition coefficient (Wildman–Crippen LogP) is 2.14. The van der Waals surface area contributed by atoms with Crippen molar-refractivity contribution in [1.29, 1.82) is 0 Å². The molecule has 1 saturated carbocycles. The number of nitrogens with one attached hydrogen (secondary N) is 2. The van der Waals surface area contributed by atoms with E-state index < -0.39 is 6.04 Å². The third kappa shape index (κ3) is 4.15. The van der Waals surface area contributed by atoms with Crippen LogP contribution in [0, 0.1) is 0 Å². The molecule has 1 saturated heterocycles. The van der Waals surface area contributed by atoms with Crippen LogP contribution in [-0.4, -0.2) is 47.4 Å². The van der Waals surface area contributed by atoms with Gasteiger partial charge in [-0.2, -0.15) is 0 Å². The first-order valence-electron chi connectivity index (χ1n) is 10.7. The summed E-state index contributed by atoms with van der Waals surface area (Å²) in [6.45, 7) is 3.53. The van der Waals surface area contributed by atoms with E-state index in [1.807, 2.05) is 12.1 Å². The number of fused-ring (bicyclic) bond motifs is 1. The summed E-state index contributed by atoms with van der Waals surface area (Å²) in [6, 6.07) is 5.37. The summed E-state index contributed by atoms with van der Waals surface area (Å²) in [7, 11) is 0. The Balaban J connectivity index is 1.46. The molecule has 0 spiro atoms. The highest BCUT2D eigenvalue weighted by molar-refractivity contribution is 6.05. The number of hydrogen-bond acceptors (Lipinski definition) is 5. The molecule has 3 aliphatic rings. The highest BCUT2D eigenvalue weighted by atomic mass is 16.5. The molecule has 29 heavy (non-hydrogen) atoms. The van der Waals surface area contributed by atoms with Gasteiger partial charge in [0.25, 0.3) is 5.91 Å². The van der Waals surface area contributed by atoms with Crippen molar-refractivity contribution < 1.29 is 19.1 Å². The predicted molar refractivity (Wildman–Crippen MR) is 107 cm³/mol. The molecule has 2 heterocycles. The highest BCUT2D eigenvalue weighted by Gasteiger charge is 2.39. The Morgan fingerprint density at radius 2 is 2.00 bits per heavy atom. The number of benzene rings is 1. The van der Waals surface area contributed by atoms with Gasteiger partial charge in [-0.25, -0.2) is 0 Å². The van der Waals surface area contributed by atoms with Crippen molar-refractivity contribution in [3.8, 4) is 5.75 Å². The van der Waals surface area contributed by atoms with Gasteiger partial charge >= 0.3 is 0 Å². The molecule has 0 aromatic heterocycles. The van der Waals surface area contributed by atoms with E-state index in [2.05, 4.69) is 17.6 Å². The van der Waals surface area contributed by atoms with Gasteiger partial charge in [0.1, 0.15) is 17.9 Å². The van der Waals surface area contributed by atoms with E-state index in [0.29, 0.717) is 24.6 Å². The van der Waals surface area contributed by atoms with Gasteiger partial charge in [-0.1, -0.05) is 13.3 Å². The summed E-state index contributed by atoms with van der Waals surface area (Å²) < 4.78 is 6.33. The van der Waals surface area contributed by atoms with E-state index in [-0.39, 0.29) is 30.2 Å². The van der Waals surface area contributed by atoms with Crippen molar-refractivity contribution in [2.45, 2.75) is 76.6 Å². The molecule has 2 N–H and O–H groups in total. The van der Waals surface area contributed by atoms with Crippen molar-refractivity contribution >= 4 is 17.7 Å². The Morgan fingerprint density at radius 3 is 2.79 bits per heavy atom. The van der Waals surface area contributed by atoms with Crippen LogP contribution in [0.15, 0.2) is 18.2 Å². The summed E-state index contributed by atoms with van der Waals surface area (Å²) in [5, 5.41) is 5.94. The summed E-state index contributed by atoms with van der Waals surface area (Å²) in [5.41, 5.74) is 1.50. The first-order valence-corrected chi connectivity index (χ1v) is 10.7. The molecular formula is C22H29N3O4. The van der Waals surface area contributed by atoms with E-state index in [1.54, 1.807) is 11.0 Å². The fourth-order valence-corrected chi connectivity index (χ4v) is 4.60. The van der Waals surface area contributed by atoms with Crippen LogP contribution in [0.25, 0.3) is 0 Å². The number of hydrogen-bond donors (Lipinski definition) is 2. The largest absolute Gasteiger partial charge is 0.489 e. The van der Waals surface area contributed by atoms with Gasteiger partial charge in [0.2, 0.25) is 11.8 Å². The minimum Gasteiger partial charge on any atom is -0.489 e. The lowest BCUT2D eigenvalue weighted by Gasteiger charge is -2.32.